The van der Waals surface area contributed by atoms with E-state index in [4.69, 9.17) is 0 Å². The first-order valence-corrected chi connectivity index (χ1v) is 11.2. The number of aromatic nitrogens is 4. The van der Waals surface area contributed by atoms with Crippen molar-refractivity contribution in [3.8, 4) is 22.3 Å². The summed E-state index contributed by atoms with van der Waals surface area (Å²) in [5.41, 5.74) is 7.89. The molecule has 8 heteroatoms. The Morgan fingerprint density at radius 3 is 2.36 bits per heavy atom. The Labute approximate surface area is 206 Å². The zero-order valence-electron chi connectivity index (χ0n) is 19.6. The number of anilines is 1. The number of amides is 1. The van der Waals surface area contributed by atoms with Crippen LogP contribution in [0.15, 0.2) is 73.1 Å². The number of benzene rings is 2. The first kappa shape index (κ1) is 22.8. The van der Waals surface area contributed by atoms with Gasteiger partial charge < -0.3 is 5.32 Å². The summed E-state index contributed by atoms with van der Waals surface area (Å²) in [5.74, 6) is -0.212. The fraction of sp³-hybridized carbons (Fsp3) is 0.0714. The predicted molar refractivity (Wildman–Crippen MR) is 136 cm³/mol. The molecule has 8 nitrogen and oxygen atoms in total. The van der Waals surface area contributed by atoms with Gasteiger partial charge in [0, 0.05) is 23.6 Å². The standard InChI is InChI=1S/C28H21N5O3/c1-17-21(20-11-12-33-27(13-20)31-26(16-35)32-33)5-3-6-22(17)23-7-4-8-24(18(23)2)30-28(36)25-10-9-19(15-34)14-29-25/h3-16H,1-2H3,(H,30,36). The minimum atomic E-state index is -0.352. The highest BCUT2D eigenvalue weighted by atomic mass is 16.2. The second-order valence-electron chi connectivity index (χ2n) is 8.31. The third-order valence-corrected chi connectivity index (χ3v) is 6.13. The average Bonchev–Trinajstić information content (AvgIpc) is 3.33. The normalized spacial score (nSPS) is 10.8. The lowest BCUT2D eigenvalue weighted by Gasteiger charge is -2.16. The summed E-state index contributed by atoms with van der Waals surface area (Å²) in [7, 11) is 0. The van der Waals surface area contributed by atoms with Gasteiger partial charge >= 0.3 is 0 Å². The van der Waals surface area contributed by atoms with Gasteiger partial charge in [0.2, 0.25) is 5.82 Å². The van der Waals surface area contributed by atoms with Gasteiger partial charge in [-0.05, 0) is 77.6 Å². The first-order chi connectivity index (χ1) is 17.5. The van der Waals surface area contributed by atoms with Crippen molar-refractivity contribution < 1.29 is 14.4 Å². The SMILES string of the molecule is Cc1c(NC(=O)c2ccc(C=O)cn2)cccc1-c1cccc(-c2ccn3nc(C=O)nc3c2)c1C. The molecule has 36 heavy (non-hydrogen) atoms. The smallest absolute Gasteiger partial charge is 0.274 e. The zero-order valence-corrected chi connectivity index (χ0v) is 19.6. The minimum Gasteiger partial charge on any atom is -0.320 e. The molecule has 0 unspecified atom stereocenters. The average molecular weight is 476 g/mol. The van der Waals surface area contributed by atoms with Crippen LogP contribution in [0, 0.1) is 13.8 Å². The summed E-state index contributed by atoms with van der Waals surface area (Å²) >= 11 is 0. The minimum absolute atomic E-state index is 0.141. The third-order valence-electron chi connectivity index (χ3n) is 6.13. The first-order valence-electron chi connectivity index (χ1n) is 11.2. The molecule has 0 bridgehead atoms. The van der Waals surface area contributed by atoms with E-state index < -0.39 is 0 Å². The Morgan fingerprint density at radius 2 is 1.64 bits per heavy atom. The van der Waals surface area contributed by atoms with E-state index in [1.807, 2.05) is 55.5 Å². The summed E-state index contributed by atoms with van der Waals surface area (Å²) in [6.45, 7) is 4.02. The van der Waals surface area contributed by atoms with Gasteiger partial charge in [0.05, 0.1) is 0 Å². The van der Waals surface area contributed by atoms with E-state index in [-0.39, 0.29) is 17.4 Å². The Kier molecular flexibility index (Phi) is 5.92. The number of nitrogens with zero attached hydrogens (tertiary/aromatic N) is 4. The fourth-order valence-electron chi connectivity index (χ4n) is 4.21. The van der Waals surface area contributed by atoms with E-state index in [0.717, 1.165) is 33.4 Å². The van der Waals surface area contributed by atoms with Crippen LogP contribution < -0.4 is 5.32 Å². The summed E-state index contributed by atoms with van der Waals surface area (Å²) < 4.78 is 1.57. The van der Waals surface area contributed by atoms with E-state index in [0.29, 0.717) is 29.5 Å². The molecule has 2 aromatic carbocycles. The van der Waals surface area contributed by atoms with E-state index in [1.54, 1.807) is 16.8 Å². The van der Waals surface area contributed by atoms with Crippen LogP contribution in [-0.2, 0) is 0 Å². The van der Waals surface area contributed by atoms with Crippen LogP contribution >= 0.6 is 0 Å². The van der Waals surface area contributed by atoms with Gasteiger partial charge in [0.15, 0.2) is 18.2 Å². The molecule has 1 N–H and O–H groups in total. The molecule has 3 aromatic heterocycles. The molecule has 0 radical (unpaired) electrons. The summed E-state index contributed by atoms with van der Waals surface area (Å²) in [5, 5.41) is 7.04. The quantitative estimate of drug-likeness (QED) is 0.348. The second-order valence-corrected chi connectivity index (χ2v) is 8.31. The number of fused-ring (bicyclic) bond motifs is 1. The summed E-state index contributed by atoms with van der Waals surface area (Å²) in [6.07, 6.45) is 4.47. The number of nitrogens with one attached hydrogen (secondary N) is 1. The number of aldehydes is 2. The van der Waals surface area contributed by atoms with E-state index in [1.165, 1.54) is 12.3 Å². The Hall–Kier alpha value is -4.98. The van der Waals surface area contributed by atoms with Crippen LogP contribution in [0.3, 0.4) is 0 Å². The molecule has 0 aliphatic rings. The number of carbonyl (C=O) groups is 3. The van der Waals surface area contributed by atoms with Gasteiger partial charge in [0.25, 0.3) is 5.91 Å². The molecule has 5 rings (SSSR count). The molecule has 176 valence electrons. The molecule has 0 spiro atoms. The van der Waals surface area contributed by atoms with Crippen molar-refractivity contribution in [3.05, 3.63) is 101 Å². The van der Waals surface area contributed by atoms with Crippen LogP contribution in [0.5, 0.6) is 0 Å². The van der Waals surface area contributed by atoms with Crippen LogP contribution in [0.1, 0.15) is 42.6 Å². The molecule has 0 aliphatic heterocycles. The van der Waals surface area contributed by atoms with E-state index in [2.05, 4.69) is 27.3 Å². The third kappa shape index (κ3) is 4.16. The van der Waals surface area contributed by atoms with Crippen molar-refractivity contribution in [3.63, 3.8) is 0 Å². The summed E-state index contributed by atoms with van der Waals surface area (Å²) in [4.78, 5) is 42.9. The van der Waals surface area contributed by atoms with Crippen LogP contribution in [-0.4, -0.2) is 38.1 Å². The van der Waals surface area contributed by atoms with Gasteiger partial charge in [-0.1, -0.05) is 30.3 Å². The maximum Gasteiger partial charge on any atom is 0.274 e. The van der Waals surface area contributed by atoms with Crippen molar-refractivity contribution in [1.82, 2.24) is 19.6 Å². The maximum absolute atomic E-state index is 12.8. The van der Waals surface area contributed by atoms with Crippen molar-refractivity contribution >= 4 is 29.8 Å². The molecule has 0 atom stereocenters. The number of pyridine rings is 2. The number of carbonyl (C=O) groups excluding carboxylic acids is 3. The molecule has 3 heterocycles. The summed E-state index contributed by atoms with van der Waals surface area (Å²) in [6, 6.07) is 18.8. The Bertz CT molecular complexity index is 1640. The van der Waals surface area contributed by atoms with Gasteiger partial charge in [-0.25, -0.2) is 9.50 Å². The maximum atomic E-state index is 12.8. The largest absolute Gasteiger partial charge is 0.320 e. The Morgan fingerprint density at radius 1 is 0.889 bits per heavy atom. The van der Waals surface area contributed by atoms with E-state index >= 15 is 0 Å². The lowest BCUT2D eigenvalue weighted by Crippen LogP contribution is -2.14. The van der Waals surface area contributed by atoms with Crippen molar-refractivity contribution in [2.24, 2.45) is 0 Å². The molecule has 5 aromatic rings. The van der Waals surface area contributed by atoms with Gasteiger partial charge in [-0.2, -0.15) is 0 Å². The highest BCUT2D eigenvalue weighted by Crippen LogP contribution is 2.35. The van der Waals surface area contributed by atoms with Crippen LogP contribution in [0.25, 0.3) is 27.9 Å². The highest BCUT2D eigenvalue weighted by molar-refractivity contribution is 6.04. The fourth-order valence-corrected chi connectivity index (χ4v) is 4.21. The van der Waals surface area contributed by atoms with Crippen molar-refractivity contribution in [2.75, 3.05) is 5.32 Å². The topological polar surface area (TPSA) is 106 Å². The predicted octanol–water partition coefficient (Wildman–Crippen LogP) is 4.95. The lowest BCUT2D eigenvalue weighted by atomic mass is 9.90. The van der Waals surface area contributed by atoms with Crippen LogP contribution in [0.2, 0.25) is 0 Å². The molecular weight excluding hydrogens is 454 g/mol. The molecule has 0 aliphatic carbocycles. The Balaban J connectivity index is 1.49. The molecule has 0 saturated heterocycles. The van der Waals surface area contributed by atoms with Crippen molar-refractivity contribution in [1.29, 1.82) is 0 Å². The van der Waals surface area contributed by atoms with E-state index in [9.17, 15) is 14.4 Å². The molecule has 0 saturated carbocycles. The lowest BCUT2D eigenvalue weighted by molar-refractivity contribution is 0.102. The number of hydrogen-bond donors (Lipinski definition) is 1. The second kappa shape index (κ2) is 9.34. The number of hydrogen-bond acceptors (Lipinski definition) is 6. The molecule has 1 amide bonds. The highest BCUT2D eigenvalue weighted by Gasteiger charge is 2.15. The van der Waals surface area contributed by atoms with Gasteiger partial charge in [-0.15, -0.1) is 5.10 Å². The van der Waals surface area contributed by atoms with Crippen LogP contribution in [0.4, 0.5) is 5.69 Å². The molecular formula is C28H21N5O3. The molecule has 0 fully saturated rings. The van der Waals surface area contributed by atoms with Gasteiger partial charge in [-0.3, -0.25) is 19.4 Å². The zero-order chi connectivity index (χ0) is 25.2. The number of rotatable bonds is 6. The van der Waals surface area contributed by atoms with Gasteiger partial charge in [0.1, 0.15) is 5.69 Å². The van der Waals surface area contributed by atoms with Crippen molar-refractivity contribution in [2.45, 2.75) is 13.8 Å². The monoisotopic (exact) mass is 475 g/mol.